The van der Waals surface area contributed by atoms with Gasteiger partial charge in [-0.05, 0) is 13.8 Å². The van der Waals surface area contributed by atoms with Crippen LogP contribution in [0, 0.1) is 0 Å². The van der Waals surface area contributed by atoms with Crippen molar-refractivity contribution in [1.29, 1.82) is 0 Å². The van der Waals surface area contributed by atoms with Gasteiger partial charge in [0.15, 0.2) is 5.57 Å². The molecule has 1 aromatic heterocycles. The summed E-state index contributed by atoms with van der Waals surface area (Å²) < 4.78 is 11.4. The molecule has 1 rings (SSSR count). The summed E-state index contributed by atoms with van der Waals surface area (Å²) in [5.41, 5.74) is 0.601. The van der Waals surface area contributed by atoms with E-state index in [2.05, 4.69) is 31.2 Å². The summed E-state index contributed by atoms with van der Waals surface area (Å²) in [6.07, 6.45) is 1.29. The minimum absolute atomic E-state index is 0.105. The van der Waals surface area contributed by atoms with Crippen LogP contribution in [-0.4, -0.2) is 34.9 Å². The highest BCUT2D eigenvalue weighted by molar-refractivity contribution is 6.14. The number of esters is 2. The average Bonchev–Trinajstić information content (AvgIpc) is 2.81. The van der Waals surface area contributed by atoms with Crippen molar-refractivity contribution < 1.29 is 19.1 Å². The minimum atomic E-state index is -0.725. The lowest BCUT2D eigenvalue weighted by molar-refractivity contribution is -0.146. The first-order valence-electron chi connectivity index (χ1n) is 7.56. The molecule has 0 aromatic carbocycles. The number of aryl methyl sites for hydroxylation is 1. The third kappa shape index (κ3) is 5.12. The summed E-state index contributed by atoms with van der Waals surface area (Å²) >= 11 is 0. The van der Waals surface area contributed by atoms with Crippen LogP contribution >= 0.6 is 0 Å². The van der Waals surface area contributed by atoms with Gasteiger partial charge in [0.2, 0.25) is 0 Å². The number of carbonyl (C=O) groups is 2. The first kappa shape index (κ1) is 18.7. The summed E-state index contributed by atoms with van der Waals surface area (Å²) in [6, 6.07) is 1.87. The molecule has 0 atom stereocenters. The van der Waals surface area contributed by atoms with Gasteiger partial charge in [-0.15, -0.1) is 0 Å². The highest BCUT2D eigenvalue weighted by Crippen LogP contribution is 2.23. The summed E-state index contributed by atoms with van der Waals surface area (Å²) in [6.45, 7) is 9.85. The van der Waals surface area contributed by atoms with Crippen LogP contribution in [0.25, 0.3) is 0 Å². The fourth-order valence-corrected chi connectivity index (χ4v) is 1.73. The second-order valence-corrected chi connectivity index (χ2v) is 5.93. The Kier molecular flexibility index (Phi) is 6.36. The second kappa shape index (κ2) is 7.80. The lowest BCUT2D eigenvalue weighted by Crippen LogP contribution is -2.19. The van der Waals surface area contributed by atoms with E-state index in [-0.39, 0.29) is 24.2 Å². The molecule has 128 valence electrons. The standard InChI is InChI=1S/C16H25N3O4/c1-7-22-14(20)11(15(21)23-8-2)10-17-13-9-12(16(3,4)5)18-19(13)6/h9-10,17H,7-8H2,1-6H3. The van der Waals surface area contributed by atoms with Crippen LogP contribution in [-0.2, 0) is 31.5 Å². The van der Waals surface area contributed by atoms with E-state index in [4.69, 9.17) is 9.47 Å². The van der Waals surface area contributed by atoms with Gasteiger partial charge in [0.05, 0.1) is 18.9 Å². The maximum Gasteiger partial charge on any atom is 0.347 e. The normalized spacial score (nSPS) is 10.9. The summed E-state index contributed by atoms with van der Waals surface area (Å²) in [7, 11) is 1.78. The van der Waals surface area contributed by atoms with Gasteiger partial charge in [0, 0.05) is 24.7 Å². The number of hydrogen-bond donors (Lipinski definition) is 1. The Bertz CT molecular complexity index is 577. The first-order chi connectivity index (χ1) is 10.7. The van der Waals surface area contributed by atoms with E-state index in [9.17, 15) is 9.59 Å². The summed E-state index contributed by atoms with van der Waals surface area (Å²) in [5.74, 6) is -0.797. The van der Waals surface area contributed by atoms with Crippen LogP contribution in [0.4, 0.5) is 5.82 Å². The van der Waals surface area contributed by atoms with Crippen molar-refractivity contribution in [3.63, 3.8) is 0 Å². The van der Waals surface area contributed by atoms with E-state index >= 15 is 0 Å². The molecule has 0 radical (unpaired) electrons. The lowest BCUT2D eigenvalue weighted by atomic mass is 9.92. The van der Waals surface area contributed by atoms with Crippen LogP contribution in [0.15, 0.2) is 17.8 Å². The fourth-order valence-electron chi connectivity index (χ4n) is 1.73. The predicted octanol–water partition coefficient (Wildman–Crippen LogP) is 2.14. The maximum atomic E-state index is 11.9. The molecule has 0 aliphatic carbocycles. The van der Waals surface area contributed by atoms with Crippen LogP contribution in [0.3, 0.4) is 0 Å². The number of hydrogen-bond acceptors (Lipinski definition) is 6. The molecule has 0 fully saturated rings. The smallest absolute Gasteiger partial charge is 0.347 e. The van der Waals surface area contributed by atoms with Gasteiger partial charge in [-0.3, -0.25) is 4.68 Å². The Morgan fingerprint density at radius 2 is 1.74 bits per heavy atom. The Morgan fingerprint density at radius 3 is 2.13 bits per heavy atom. The zero-order chi connectivity index (χ0) is 17.6. The zero-order valence-electron chi connectivity index (χ0n) is 14.6. The highest BCUT2D eigenvalue weighted by atomic mass is 16.6. The van der Waals surface area contributed by atoms with Crippen LogP contribution < -0.4 is 5.32 Å². The molecule has 0 amide bonds. The van der Waals surface area contributed by atoms with Crippen molar-refractivity contribution in [1.82, 2.24) is 9.78 Å². The minimum Gasteiger partial charge on any atom is -0.462 e. The van der Waals surface area contributed by atoms with Gasteiger partial charge in [0.1, 0.15) is 5.82 Å². The molecule has 1 N–H and O–H groups in total. The fraction of sp³-hybridized carbons (Fsp3) is 0.562. The molecular weight excluding hydrogens is 298 g/mol. The van der Waals surface area contributed by atoms with E-state index in [1.54, 1.807) is 25.6 Å². The monoisotopic (exact) mass is 323 g/mol. The number of nitrogens with zero attached hydrogens (tertiary/aromatic N) is 2. The van der Waals surface area contributed by atoms with E-state index in [0.717, 1.165) is 5.69 Å². The Morgan fingerprint density at radius 1 is 1.22 bits per heavy atom. The van der Waals surface area contributed by atoms with Crippen LogP contribution in [0.5, 0.6) is 0 Å². The molecule has 23 heavy (non-hydrogen) atoms. The number of aromatic nitrogens is 2. The SMILES string of the molecule is CCOC(=O)C(=CNc1cc(C(C)(C)C)nn1C)C(=O)OCC. The largest absolute Gasteiger partial charge is 0.462 e. The molecule has 7 heteroatoms. The topological polar surface area (TPSA) is 82.5 Å². The Labute approximate surface area is 136 Å². The molecule has 0 saturated heterocycles. The predicted molar refractivity (Wildman–Crippen MR) is 86.9 cm³/mol. The molecule has 1 heterocycles. The molecule has 0 aliphatic rings. The second-order valence-electron chi connectivity index (χ2n) is 5.93. The number of anilines is 1. The zero-order valence-corrected chi connectivity index (χ0v) is 14.6. The van der Waals surface area contributed by atoms with Crippen molar-refractivity contribution in [3.8, 4) is 0 Å². The maximum absolute atomic E-state index is 11.9. The van der Waals surface area contributed by atoms with Crippen molar-refractivity contribution in [2.75, 3.05) is 18.5 Å². The molecule has 7 nitrogen and oxygen atoms in total. The van der Waals surface area contributed by atoms with Crippen LogP contribution in [0.2, 0.25) is 0 Å². The van der Waals surface area contributed by atoms with Gasteiger partial charge in [0.25, 0.3) is 0 Å². The third-order valence-electron chi connectivity index (χ3n) is 3.00. The van der Waals surface area contributed by atoms with Crippen molar-refractivity contribution in [2.24, 2.45) is 7.05 Å². The average molecular weight is 323 g/mol. The van der Waals surface area contributed by atoms with Gasteiger partial charge in [-0.2, -0.15) is 5.10 Å². The quantitative estimate of drug-likeness (QED) is 0.374. The van der Waals surface area contributed by atoms with Gasteiger partial charge in [-0.1, -0.05) is 20.8 Å². The van der Waals surface area contributed by atoms with E-state index in [0.29, 0.717) is 5.82 Å². The molecule has 0 saturated carbocycles. The third-order valence-corrected chi connectivity index (χ3v) is 3.00. The van der Waals surface area contributed by atoms with Gasteiger partial charge in [-0.25, -0.2) is 9.59 Å². The number of rotatable bonds is 6. The number of carbonyl (C=O) groups excluding carboxylic acids is 2. The molecule has 0 unspecified atom stereocenters. The highest BCUT2D eigenvalue weighted by Gasteiger charge is 2.22. The Balaban J connectivity index is 3.03. The van der Waals surface area contributed by atoms with E-state index in [1.165, 1.54) is 6.20 Å². The first-order valence-corrected chi connectivity index (χ1v) is 7.56. The molecule has 0 spiro atoms. The van der Waals surface area contributed by atoms with Crippen LogP contribution in [0.1, 0.15) is 40.3 Å². The molecule has 1 aromatic rings. The molecule has 0 bridgehead atoms. The molecular formula is C16H25N3O4. The van der Waals surface area contributed by atoms with Crippen molar-refractivity contribution >= 4 is 17.8 Å². The summed E-state index contributed by atoms with van der Waals surface area (Å²) in [4.78, 5) is 23.8. The molecule has 0 aliphatic heterocycles. The Hall–Kier alpha value is -2.31. The van der Waals surface area contributed by atoms with Crippen molar-refractivity contribution in [2.45, 2.75) is 40.0 Å². The lowest BCUT2D eigenvalue weighted by Gasteiger charge is -2.13. The number of nitrogens with one attached hydrogen (secondary N) is 1. The van der Waals surface area contributed by atoms with E-state index < -0.39 is 11.9 Å². The van der Waals surface area contributed by atoms with Gasteiger partial charge >= 0.3 is 11.9 Å². The van der Waals surface area contributed by atoms with E-state index in [1.807, 2.05) is 6.07 Å². The summed E-state index contributed by atoms with van der Waals surface area (Å²) in [5, 5.41) is 7.34. The van der Waals surface area contributed by atoms with Gasteiger partial charge < -0.3 is 14.8 Å². The number of ether oxygens (including phenoxy) is 2. The van der Waals surface area contributed by atoms with Crippen molar-refractivity contribution in [3.05, 3.63) is 23.5 Å².